The van der Waals surface area contributed by atoms with E-state index in [2.05, 4.69) is 107 Å². The molecule has 4 aromatic carbocycles. The number of benzene rings is 4. The number of halogens is 1. The van der Waals surface area contributed by atoms with Crippen LogP contribution in [0.3, 0.4) is 0 Å². The predicted molar refractivity (Wildman–Crippen MR) is 297 cm³/mol. The number of alkyl halides is 1. The van der Waals surface area contributed by atoms with E-state index in [1.807, 2.05) is 43.3 Å². The second kappa shape index (κ2) is 23.7. The van der Waals surface area contributed by atoms with Crippen molar-refractivity contribution in [3.05, 3.63) is 118 Å². The molecule has 2 amide bonds. The van der Waals surface area contributed by atoms with Crippen LogP contribution < -0.4 is 31.6 Å². The number of aromatic amines is 2. The zero-order chi connectivity index (χ0) is 50.4. The normalized spacial score (nSPS) is 17.1. The molecule has 2 unspecified atom stereocenters. The number of carbonyl (C=O) groups is 2. The zero-order valence-corrected chi connectivity index (χ0v) is 45.4. The molecule has 380 valence electrons. The van der Waals surface area contributed by atoms with E-state index in [-0.39, 0.29) is 33.8 Å². The number of fused-ring (bicyclic) bond motifs is 4. The number of aromatic nitrogens is 2. The van der Waals surface area contributed by atoms with Crippen LogP contribution in [0.2, 0.25) is 0 Å². The van der Waals surface area contributed by atoms with Gasteiger partial charge in [-0.2, -0.15) is 0 Å². The zero-order valence-electron chi connectivity index (χ0n) is 40.5. The molecule has 3 saturated heterocycles. The monoisotopic (exact) mass is 1120 g/mol. The van der Waals surface area contributed by atoms with Crippen LogP contribution >= 0.6 is 63.0 Å². The van der Waals surface area contributed by atoms with Crippen molar-refractivity contribution < 1.29 is 23.8 Å². The maximum absolute atomic E-state index is 13.1. The molecule has 14 nitrogen and oxygen atoms in total. The van der Waals surface area contributed by atoms with Crippen molar-refractivity contribution >= 4 is 97.5 Å². The van der Waals surface area contributed by atoms with Crippen LogP contribution in [-0.4, -0.2) is 116 Å². The van der Waals surface area contributed by atoms with Crippen molar-refractivity contribution in [2.75, 3.05) is 99.3 Å². The number of amides is 2. The lowest BCUT2D eigenvalue weighted by Gasteiger charge is -2.33. The van der Waals surface area contributed by atoms with Gasteiger partial charge in [0, 0.05) is 124 Å². The average molecular weight is 1120 g/mol. The number of H-pyrrole nitrogens is 2. The minimum Gasteiger partial charge on any atom is -0.379 e. The second-order valence-electron chi connectivity index (χ2n) is 17.9. The molecule has 0 bridgehead atoms. The SMILES string of the molecule is CCC(Br)C(=O)Nc1ccc2c(c1)Sc1cccc(-c3cc(N4CCOCC4)cc(=O)[nH]3)c1S2.CCC(C(=O)Nc1ccc2c(c1)Sc1cccc(-c3cc(N4CCOCC4)cc(=O)[nH]3)c1S2)N1CCOCC1. The fourth-order valence-electron chi connectivity index (χ4n) is 9.27. The third-order valence-corrected chi connectivity index (χ3v) is 19.3. The fourth-order valence-corrected chi connectivity index (χ4v) is 14.2. The van der Waals surface area contributed by atoms with Crippen LogP contribution in [0.25, 0.3) is 22.5 Å². The number of morpholine rings is 3. The maximum atomic E-state index is 13.1. The summed E-state index contributed by atoms with van der Waals surface area (Å²) in [5.74, 6) is -0.0118. The molecule has 4 N–H and O–H groups in total. The van der Waals surface area contributed by atoms with E-state index in [0.29, 0.717) is 39.6 Å². The standard InChI is InChI=1S/C29H32N4O4S2.C25H24BrN3O3S2/c1-2-23(33-10-14-37-15-11-33)29(35)30-19-6-7-24-26(16-19)38-25-5-3-4-21(28(25)39-24)22-17-20(18-27(34)31-22)32-8-12-36-13-9-32;1-2-18(26)25(31)27-15-6-7-20-22(12-15)33-21-5-3-4-17(24(21)34-20)19-13-16(14-23(30)28-19)29-8-10-32-11-9-29/h3-7,16-18,23H,2,8-15H2,1H3,(H,30,35)(H,31,34);3-7,12-14,18H,2,8-11H2,1H3,(H,27,31)(H,28,30). The summed E-state index contributed by atoms with van der Waals surface area (Å²) in [7, 11) is 0. The highest BCUT2D eigenvalue weighted by molar-refractivity contribution is 9.10. The number of hydrogen-bond donors (Lipinski definition) is 4. The van der Waals surface area contributed by atoms with E-state index in [4.69, 9.17) is 14.2 Å². The quantitative estimate of drug-likeness (QED) is 0.0906. The Balaban J connectivity index is 0.000000169. The third-order valence-electron chi connectivity index (χ3n) is 13.1. The van der Waals surface area contributed by atoms with Gasteiger partial charge in [0.05, 0.1) is 61.9 Å². The first kappa shape index (κ1) is 51.5. The second-order valence-corrected chi connectivity index (χ2v) is 23.2. The molecule has 2 atom stereocenters. The van der Waals surface area contributed by atoms with Crippen molar-refractivity contribution in [3.63, 3.8) is 0 Å². The topological polar surface area (TPSA) is 161 Å². The van der Waals surface area contributed by atoms with Crippen LogP contribution in [0.5, 0.6) is 0 Å². The van der Waals surface area contributed by atoms with Crippen molar-refractivity contribution in [1.82, 2.24) is 14.9 Å². The highest BCUT2D eigenvalue weighted by Crippen LogP contribution is 2.53. The number of ether oxygens (including phenoxy) is 3. The highest BCUT2D eigenvalue weighted by atomic mass is 79.9. The molecular formula is C54H56BrN7O7S4. The van der Waals surface area contributed by atoms with E-state index >= 15 is 0 Å². The number of hydrogen-bond acceptors (Lipinski definition) is 14. The molecular weight excluding hydrogens is 1070 g/mol. The summed E-state index contributed by atoms with van der Waals surface area (Å²) in [5, 5.41) is 6.13. The van der Waals surface area contributed by atoms with Crippen molar-refractivity contribution in [3.8, 4) is 22.5 Å². The Bertz CT molecular complexity index is 3120. The minimum absolute atomic E-state index is 0.0274. The van der Waals surface area contributed by atoms with Crippen LogP contribution in [0, 0.1) is 0 Å². The molecule has 0 radical (unpaired) electrons. The molecule has 0 aliphatic carbocycles. The van der Waals surface area contributed by atoms with E-state index in [1.54, 1.807) is 59.2 Å². The minimum atomic E-state index is -0.204. The van der Waals surface area contributed by atoms with Crippen molar-refractivity contribution in [1.29, 1.82) is 0 Å². The summed E-state index contributed by atoms with van der Waals surface area (Å²) in [6, 6.07) is 31.8. The first-order chi connectivity index (χ1) is 35.6. The van der Waals surface area contributed by atoms with Gasteiger partial charge < -0.3 is 44.6 Å². The molecule has 5 aliphatic heterocycles. The van der Waals surface area contributed by atoms with Gasteiger partial charge in [-0.05, 0) is 73.5 Å². The summed E-state index contributed by atoms with van der Waals surface area (Å²) in [5.41, 5.74) is 6.87. The molecule has 2 aromatic heterocycles. The molecule has 3 fully saturated rings. The van der Waals surface area contributed by atoms with Gasteiger partial charge in [-0.3, -0.25) is 24.1 Å². The summed E-state index contributed by atoms with van der Waals surface area (Å²) in [4.78, 5) is 72.0. The first-order valence-electron chi connectivity index (χ1n) is 24.6. The summed E-state index contributed by atoms with van der Waals surface area (Å²) in [6.45, 7) is 12.7. The Labute approximate surface area is 449 Å². The number of rotatable bonds is 11. The Kier molecular flexibility index (Phi) is 16.7. The Morgan fingerprint density at radius 3 is 1.45 bits per heavy atom. The number of pyridine rings is 2. The van der Waals surface area contributed by atoms with Gasteiger partial charge in [0.15, 0.2) is 0 Å². The number of nitrogens with zero attached hydrogens (tertiary/aromatic N) is 3. The summed E-state index contributed by atoms with van der Waals surface area (Å²) < 4.78 is 16.4. The van der Waals surface area contributed by atoms with Gasteiger partial charge in [-0.25, -0.2) is 0 Å². The highest BCUT2D eigenvalue weighted by Gasteiger charge is 2.28. The number of anilines is 4. The Morgan fingerprint density at radius 1 is 0.548 bits per heavy atom. The molecule has 5 aliphatic rings. The first-order valence-corrected chi connectivity index (χ1v) is 28.8. The lowest BCUT2D eigenvalue weighted by atomic mass is 10.1. The van der Waals surface area contributed by atoms with Crippen molar-refractivity contribution in [2.45, 2.75) is 76.7 Å². The van der Waals surface area contributed by atoms with E-state index < -0.39 is 0 Å². The lowest BCUT2D eigenvalue weighted by Crippen LogP contribution is -2.48. The predicted octanol–water partition coefficient (Wildman–Crippen LogP) is 10.1. The van der Waals surface area contributed by atoms with E-state index in [9.17, 15) is 19.2 Å². The van der Waals surface area contributed by atoms with E-state index in [0.717, 1.165) is 137 Å². The van der Waals surface area contributed by atoms with Crippen molar-refractivity contribution in [2.24, 2.45) is 0 Å². The molecule has 6 aromatic rings. The third kappa shape index (κ3) is 12.1. The maximum Gasteiger partial charge on any atom is 0.250 e. The molecule has 73 heavy (non-hydrogen) atoms. The van der Waals surface area contributed by atoms with Gasteiger partial charge in [-0.15, -0.1) is 0 Å². The summed E-state index contributed by atoms with van der Waals surface area (Å²) in [6.07, 6.45) is 1.48. The molecule has 0 spiro atoms. The number of carbonyl (C=O) groups excluding carboxylic acids is 2. The van der Waals surface area contributed by atoms with Gasteiger partial charge in [0.1, 0.15) is 0 Å². The lowest BCUT2D eigenvalue weighted by molar-refractivity contribution is -0.123. The van der Waals surface area contributed by atoms with Crippen LogP contribution in [0.1, 0.15) is 26.7 Å². The molecule has 11 rings (SSSR count). The molecule has 0 saturated carbocycles. The smallest absolute Gasteiger partial charge is 0.250 e. The largest absolute Gasteiger partial charge is 0.379 e. The average Bonchev–Trinajstić information content (AvgIpc) is 3.42. The molecule has 7 heterocycles. The van der Waals surface area contributed by atoms with Gasteiger partial charge in [0.2, 0.25) is 22.9 Å². The number of nitrogens with one attached hydrogen (secondary N) is 4. The Hall–Kier alpha value is -4.96. The van der Waals surface area contributed by atoms with Crippen LogP contribution in [-0.2, 0) is 23.8 Å². The Morgan fingerprint density at radius 2 is 1.00 bits per heavy atom. The van der Waals surface area contributed by atoms with Gasteiger partial charge >= 0.3 is 0 Å². The summed E-state index contributed by atoms with van der Waals surface area (Å²) >= 11 is 10.2. The van der Waals surface area contributed by atoms with Gasteiger partial charge in [-0.1, -0.05) is 101 Å². The fraction of sp³-hybridized carbons (Fsp3) is 0.333. The van der Waals surface area contributed by atoms with E-state index in [1.165, 1.54) is 0 Å². The van der Waals surface area contributed by atoms with Crippen LogP contribution in [0.4, 0.5) is 22.7 Å². The van der Waals surface area contributed by atoms with Gasteiger partial charge in [0.25, 0.3) is 0 Å². The van der Waals surface area contributed by atoms with Crippen LogP contribution in [0.15, 0.2) is 146 Å². The molecule has 19 heteroatoms.